The molecule has 1 aliphatic rings. The zero-order valence-electron chi connectivity index (χ0n) is 12.4. The Hall–Kier alpha value is -1.43. The lowest BCUT2D eigenvalue weighted by Gasteiger charge is -2.19. The van der Waals surface area contributed by atoms with Gasteiger partial charge in [-0.15, -0.1) is 0 Å². The first kappa shape index (κ1) is 15.9. The van der Waals surface area contributed by atoms with Crippen molar-refractivity contribution >= 4 is 5.91 Å². The number of amides is 1. The molecule has 116 valence electrons. The van der Waals surface area contributed by atoms with Crippen LogP contribution in [-0.2, 0) is 9.53 Å². The van der Waals surface area contributed by atoms with E-state index in [9.17, 15) is 9.90 Å². The maximum absolute atomic E-state index is 12.2. The Labute approximate surface area is 125 Å². The summed E-state index contributed by atoms with van der Waals surface area (Å²) in [5.74, 6) is -0.240. The summed E-state index contributed by atoms with van der Waals surface area (Å²) in [5, 5.41) is 16.2. The number of benzene rings is 1. The number of rotatable bonds is 7. The highest BCUT2D eigenvalue weighted by molar-refractivity contribution is 5.79. The van der Waals surface area contributed by atoms with Gasteiger partial charge in [0.05, 0.1) is 25.2 Å². The Balaban J connectivity index is 1.81. The summed E-state index contributed by atoms with van der Waals surface area (Å²) in [6.45, 7) is 4.20. The fourth-order valence-electron chi connectivity index (χ4n) is 2.47. The van der Waals surface area contributed by atoms with Crippen LogP contribution >= 0.6 is 0 Å². The molecule has 0 bridgehead atoms. The molecule has 21 heavy (non-hydrogen) atoms. The summed E-state index contributed by atoms with van der Waals surface area (Å²) in [4.78, 5) is 12.2. The van der Waals surface area contributed by atoms with Crippen LogP contribution in [0.5, 0.6) is 0 Å². The standard InChI is InChI=1S/C16H24N2O3/c1-2-8-17-14-11-21-10-13(14)16(20)18-9-15(19)12-6-4-3-5-7-12/h3-7,13-15,17,19H,2,8-11H2,1H3,(H,18,20). The van der Waals surface area contributed by atoms with Crippen molar-refractivity contribution in [1.29, 1.82) is 0 Å². The fourth-order valence-corrected chi connectivity index (χ4v) is 2.47. The lowest BCUT2D eigenvalue weighted by Crippen LogP contribution is -2.45. The van der Waals surface area contributed by atoms with Gasteiger partial charge in [-0.1, -0.05) is 37.3 Å². The number of hydrogen-bond acceptors (Lipinski definition) is 4. The van der Waals surface area contributed by atoms with Gasteiger partial charge in [-0.25, -0.2) is 0 Å². The van der Waals surface area contributed by atoms with Crippen LogP contribution < -0.4 is 10.6 Å². The molecule has 2 rings (SSSR count). The van der Waals surface area contributed by atoms with Gasteiger partial charge in [0, 0.05) is 12.6 Å². The summed E-state index contributed by atoms with van der Waals surface area (Å²) < 4.78 is 5.39. The van der Waals surface area contributed by atoms with E-state index in [0.29, 0.717) is 13.2 Å². The Morgan fingerprint density at radius 3 is 2.86 bits per heavy atom. The van der Waals surface area contributed by atoms with E-state index in [0.717, 1.165) is 18.5 Å². The molecule has 0 radical (unpaired) electrons. The molecule has 1 heterocycles. The Morgan fingerprint density at radius 1 is 1.38 bits per heavy atom. The fraction of sp³-hybridized carbons (Fsp3) is 0.562. The largest absolute Gasteiger partial charge is 0.387 e. The van der Waals surface area contributed by atoms with Crippen LogP contribution in [0, 0.1) is 5.92 Å². The molecule has 1 fully saturated rings. The van der Waals surface area contributed by atoms with Gasteiger partial charge in [-0.2, -0.15) is 0 Å². The third-order valence-electron chi connectivity index (χ3n) is 3.73. The maximum atomic E-state index is 12.2. The van der Waals surface area contributed by atoms with E-state index in [1.54, 1.807) is 0 Å². The first-order valence-corrected chi connectivity index (χ1v) is 7.54. The molecule has 5 heteroatoms. The molecule has 3 N–H and O–H groups in total. The van der Waals surface area contributed by atoms with Gasteiger partial charge >= 0.3 is 0 Å². The van der Waals surface area contributed by atoms with Crippen molar-refractivity contribution in [1.82, 2.24) is 10.6 Å². The van der Waals surface area contributed by atoms with E-state index in [2.05, 4.69) is 17.6 Å². The van der Waals surface area contributed by atoms with Crippen molar-refractivity contribution in [3.05, 3.63) is 35.9 Å². The molecular weight excluding hydrogens is 268 g/mol. The normalized spacial score (nSPS) is 23.0. The smallest absolute Gasteiger partial charge is 0.227 e. The second-order valence-electron chi connectivity index (χ2n) is 5.38. The first-order valence-electron chi connectivity index (χ1n) is 7.54. The quantitative estimate of drug-likeness (QED) is 0.697. The van der Waals surface area contributed by atoms with Crippen LogP contribution in [0.1, 0.15) is 25.0 Å². The second kappa shape index (κ2) is 8.12. The molecule has 1 aromatic rings. The maximum Gasteiger partial charge on any atom is 0.227 e. The summed E-state index contributed by atoms with van der Waals surface area (Å²) in [7, 11) is 0. The van der Waals surface area contributed by atoms with E-state index in [-0.39, 0.29) is 24.4 Å². The van der Waals surface area contributed by atoms with E-state index in [1.807, 2.05) is 30.3 Å². The second-order valence-corrected chi connectivity index (χ2v) is 5.38. The molecule has 1 aromatic carbocycles. The topological polar surface area (TPSA) is 70.6 Å². The van der Waals surface area contributed by atoms with Gasteiger partial charge in [0.2, 0.25) is 5.91 Å². The molecule has 3 atom stereocenters. The molecule has 3 unspecified atom stereocenters. The van der Waals surface area contributed by atoms with Gasteiger partial charge < -0.3 is 20.5 Å². The number of aliphatic hydroxyl groups is 1. The van der Waals surface area contributed by atoms with E-state index >= 15 is 0 Å². The highest BCUT2D eigenvalue weighted by Crippen LogP contribution is 2.15. The van der Waals surface area contributed by atoms with Gasteiger partial charge in [0.1, 0.15) is 0 Å². The Morgan fingerprint density at radius 2 is 2.14 bits per heavy atom. The van der Waals surface area contributed by atoms with Crippen LogP contribution in [0.4, 0.5) is 0 Å². The van der Waals surface area contributed by atoms with E-state index in [1.165, 1.54) is 0 Å². The van der Waals surface area contributed by atoms with Crippen LogP contribution in [0.3, 0.4) is 0 Å². The van der Waals surface area contributed by atoms with E-state index < -0.39 is 6.10 Å². The summed E-state index contributed by atoms with van der Waals surface area (Å²) >= 11 is 0. The van der Waals surface area contributed by atoms with Crippen molar-refractivity contribution < 1.29 is 14.6 Å². The predicted octanol–water partition coefficient (Wildman–Crippen LogP) is 0.851. The zero-order valence-corrected chi connectivity index (χ0v) is 12.4. The van der Waals surface area contributed by atoms with Gasteiger partial charge in [-0.3, -0.25) is 4.79 Å². The minimum atomic E-state index is -0.681. The number of nitrogens with one attached hydrogen (secondary N) is 2. The van der Waals surface area contributed by atoms with Gasteiger partial charge in [0.15, 0.2) is 0 Å². The molecule has 0 spiro atoms. The van der Waals surface area contributed by atoms with Crippen LogP contribution in [0.2, 0.25) is 0 Å². The van der Waals surface area contributed by atoms with Crippen molar-refractivity contribution in [2.45, 2.75) is 25.5 Å². The average molecular weight is 292 g/mol. The molecule has 0 aromatic heterocycles. The van der Waals surface area contributed by atoms with Crippen molar-refractivity contribution in [2.75, 3.05) is 26.3 Å². The molecular formula is C16H24N2O3. The van der Waals surface area contributed by atoms with Gasteiger partial charge in [-0.05, 0) is 18.5 Å². The van der Waals surface area contributed by atoms with Crippen LogP contribution in [0.25, 0.3) is 0 Å². The number of aliphatic hydroxyl groups excluding tert-OH is 1. The summed E-state index contributed by atoms with van der Waals surface area (Å²) in [6, 6.07) is 9.40. The Bertz CT molecular complexity index is 438. The predicted molar refractivity (Wildman–Crippen MR) is 80.8 cm³/mol. The monoisotopic (exact) mass is 292 g/mol. The third kappa shape index (κ3) is 4.52. The van der Waals surface area contributed by atoms with E-state index in [4.69, 9.17) is 4.74 Å². The molecule has 5 nitrogen and oxygen atoms in total. The third-order valence-corrected chi connectivity index (χ3v) is 3.73. The molecule has 1 aliphatic heterocycles. The molecule has 1 amide bonds. The van der Waals surface area contributed by atoms with Crippen molar-refractivity contribution in [2.24, 2.45) is 5.92 Å². The van der Waals surface area contributed by atoms with Crippen LogP contribution in [0.15, 0.2) is 30.3 Å². The lowest BCUT2D eigenvalue weighted by atomic mass is 10.0. The molecule has 0 saturated carbocycles. The summed E-state index contributed by atoms with van der Waals surface area (Å²) in [5.41, 5.74) is 0.807. The van der Waals surface area contributed by atoms with Crippen molar-refractivity contribution in [3.63, 3.8) is 0 Å². The molecule has 0 aliphatic carbocycles. The first-order chi connectivity index (χ1) is 10.2. The SMILES string of the molecule is CCCNC1COCC1C(=O)NCC(O)c1ccccc1. The minimum absolute atomic E-state index is 0.0592. The highest BCUT2D eigenvalue weighted by Gasteiger charge is 2.33. The minimum Gasteiger partial charge on any atom is -0.387 e. The summed E-state index contributed by atoms with van der Waals surface area (Å²) in [6.07, 6.45) is 0.344. The number of hydrogen-bond donors (Lipinski definition) is 3. The zero-order chi connectivity index (χ0) is 15.1. The number of carbonyl (C=O) groups excluding carboxylic acids is 1. The van der Waals surface area contributed by atoms with Crippen LogP contribution in [-0.4, -0.2) is 43.4 Å². The van der Waals surface area contributed by atoms with Gasteiger partial charge in [0.25, 0.3) is 0 Å². The average Bonchev–Trinajstić information content (AvgIpc) is 2.99. The Kier molecular flexibility index (Phi) is 6.17. The lowest BCUT2D eigenvalue weighted by molar-refractivity contribution is -0.125. The highest BCUT2D eigenvalue weighted by atomic mass is 16.5. The van der Waals surface area contributed by atoms with Crippen molar-refractivity contribution in [3.8, 4) is 0 Å². The molecule has 1 saturated heterocycles. The number of carbonyl (C=O) groups is 1. The number of ether oxygens (including phenoxy) is 1.